The van der Waals surface area contributed by atoms with Crippen LogP contribution in [0.1, 0.15) is 23.8 Å². The Morgan fingerprint density at radius 3 is 2.70 bits per heavy atom. The summed E-state index contributed by atoms with van der Waals surface area (Å²) in [6, 6.07) is 9.03. The van der Waals surface area contributed by atoms with Gasteiger partial charge in [0.05, 0.1) is 11.9 Å². The predicted octanol–water partition coefficient (Wildman–Crippen LogP) is 2.58. The predicted molar refractivity (Wildman–Crippen MR) is 80.0 cm³/mol. The normalized spacial score (nSPS) is 10.1. The van der Waals surface area contributed by atoms with Gasteiger partial charge < -0.3 is 5.32 Å². The number of amides is 1. The molecule has 0 saturated carbocycles. The zero-order valence-corrected chi connectivity index (χ0v) is 11.7. The van der Waals surface area contributed by atoms with E-state index in [1.165, 1.54) is 4.90 Å². The number of rotatable bonds is 5. The Hall–Kier alpha value is -2.43. The second kappa shape index (κ2) is 6.65. The molecule has 0 fully saturated rings. The molecule has 20 heavy (non-hydrogen) atoms. The van der Waals surface area contributed by atoms with Gasteiger partial charge >= 0.3 is 0 Å². The standard InChI is InChI=1S/C15H18N4O/c1-3-9-16-12-7-8-13(18-11-12)15(20)19(2)14-6-4-5-10-17-14/h4-8,10-11,16H,3,9H2,1-2H3. The fraction of sp³-hybridized carbons (Fsp3) is 0.267. The number of aromatic nitrogens is 2. The molecule has 0 atom stereocenters. The van der Waals surface area contributed by atoms with E-state index in [1.54, 1.807) is 31.6 Å². The van der Waals surface area contributed by atoms with Crippen molar-refractivity contribution in [1.29, 1.82) is 0 Å². The van der Waals surface area contributed by atoms with Crippen molar-refractivity contribution in [2.75, 3.05) is 23.8 Å². The third kappa shape index (κ3) is 3.32. The summed E-state index contributed by atoms with van der Waals surface area (Å²) >= 11 is 0. The summed E-state index contributed by atoms with van der Waals surface area (Å²) in [5.74, 6) is 0.429. The highest BCUT2D eigenvalue weighted by molar-refractivity contribution is 6.03. The monoisotopic (exact) mass is 270 g/mol. The van der Waals surface area contributed by atoms with Crippen LogP contribution in [-0.2, 0) is 0 Å². The minimum atomic E-state index is -0.175. The molecule has 0 aliphatic heterocycles. The van der Waals surface area contributed by atoms with E-state index in [-0.39, 0.29) is 5.91 Å². The van der Waals surface area contributed by atoms with Crippen LogP contribution in [0.2, 0.25) is 0 Å². The van der Waals surface area contributed by atoms with Gasteiger partial charge in [-0.3, -0.25) is 9.69 Å². The zero-order valence-electron chi connectivity index (χ0n) is 11.7. The molecular formula is C15H18N4O. The highest BCUT2D eigenvalue weighted by Crippen LogP contribution is 2.12. The van der Waals surface area contributed by atoms with E-state index in [9.17, 15) is 4.79 Å². The number of pyridine rings is 2. The Balaban J connectivity index is 2.09. The molecule has 5 nitrogen and oxygen atoms in total. The van der Waals surface area contributed by atoms with E-state index in [0.29, 0.717) is 11.5 Å². The van der Waals surface area contributed by atoms with Crippen molar-refractivity contribution >= 4 is 17.4 Å². The molecule has 0 aliphatic carbocycles. The molecule has 5 heteroatoms. The van der Waals surface area contributed by atoms with Gasteiger partial charge in [0, 0.05) is 19.8 Å². The number of nitrogens with zero attached hydrogens (tertiary/aromatic N) is 3. The number of anilines is 2. The van der Waals surface area contributed by atoms with E-state index in [4.69, 9.17) is 0 Å². The Bertz CT molecular complexity index is 554. The van der Waals surface area contributed by atoms with E-state index >= 15 is 0 Å². The van der Waals surface area contributed by atoms with Crippen molar-refractivity contribution < 1.29 is 4.79 Å². The molecule has 0 unspecified atom stereocenters. The molecule has 0 spiro atoms. The molecule has 2 rings (SSSR count). The average molecular weight is 270 g/mol. The Kier molecular flexibility index (Phi) is 4.65. The van der Waals surface area contributed by atoms with Crippen molar-refractivity contribution in [1.82, 2.24) is 9.97 Å². The van der Waals surface area contributed by atoms with Gasteiger partial charge in [-0.1, -0.05) is 13.0 Å². The van der Waals surface area contributed by atoms with Gasteiger partial charge in [-0.15, -0.1) is 0 Å². The fourth-order valence-electron chi connectivity index (χ4n) is 1.72. The lowest BCUT2D eigenvalue weighted by atomic mass is 10.3. The molecule has 2 aromatic rings. The first-order valence-corrected chi connectivity index (χ1v) is 6.61. The van der Waals surface area contributed by atoms with Crippen LogP contribution in [0.4, 0.5) is 11.5 Å². The summed E-state index contributed by atoms with van der Waals surface area (Å²) < 4.78 is 0. The summed E-state index contributed by atoms with van der Waals surface area (Å²) in [4.78, 5) is 22.1. The molecule has 0 aliphatic rings. The van der Waals surface area contributed by atoms with E-state index in [0.717, 1.165) is 18.7 Å². The molecule has 0 bridgehead atoms. The second-order valence-electron chi connectivity index (χ2n) is 4.41. The topological polar surface area (TPSA) is 58.1 Å². The first-order valence-electron chi connectivity index (χ1n) is 6.61. The van der Waals surface area contributed by atoms with Gasteiger partial charge in [0.2, 0.25) is 0 Å². The molecule has 1 N–H and O–H groups in total. The fourth-order valence-corrected chi connectivity index (χ4v) is 1.72. The van der Waals surface area contributed by atoms with Crippen LogP contribution in [-0.4, -0.2) is 29.5 Å². The van der Waals surface area contributed by atoms with Crippen LogP contribution in [0.25, 0.3) is 0 Å². The van der Waals surface area contributed by atoms with Gasteiger partial charge in [-0.05, 0) is 30.7 Å². The van der Waals surface area contributed by atoms with Crippen LogP contribution >= 0.6 is 0 Å². The summed E-state index contributed by atoms with van der Waals surface area (Å²) in [7, 11) is 1.69. The van der Waals surface area contributed by atoms with E-state index < -0.39 is 0 Å². The minimum absolute atomic E-state index is 0.175. The first-order chi connectivity index (χ1) is 9.72. The lowest BCUT2D eigenvalue weighted by Gasteiger charge is -2.15. The van der Waals surface area contributed by atoms with Crippen molar-refractivity contribution in [3.8, 4) is 0 Å². The maximum atomic E-state index is 12.3. The Morgan fingerprint density at radius 1 is 1.25 bits per heavy atom. The SMILES string of the molecule is CCCNc1ccc(C(=O)N(C)c2ccccn2)nc1. The van der Waals surface area contributed by atoms with Crippen LogP contribution in [0.3, 0.4) is 0 Å². The van der Waals surface area contributed by atoms with Crippen molar-refractivity contribution in [2.24, 2.45) is 0 Å². The molecule has 0 radical (unpaired) electrons. The third-order valence-corrected chi connectivity index (χ3v) is 2.86. The Morgan fingerprint density at radius 2 is 2.10 bits per heavy atom. The highest BCUT2D eigenvalue weighted by Gasteiger charge is 2.15. The number of carbonyl (C=O) groups excluding carboxylic acids is 1. The largest absolute Gasteiger partial charge is 0.384 e. The maximum Gasteiger partial charge on any atom is 0.277 e. The Labute approximate surface area is 118 Å². The average Bonchev–Trinajstić information content (AvgIpc) is 2.53. The molecule has 1 amide bonds. The summed E-state index contributed by atoms with van der Waals surface area (Å²) in [6.45, 7) is 2.99. The van der Waals surface area contributed by atoms with Gasteiger partial charge in [0.25, 0.3) is 5.91 Å². The van der Waals surface area contributed by atoms with Crippen molar-refractivity contribution in [3.63, 3.8) is 0 Å². The summed E-state index contributed by atoms with van der Waals surface area (Å²) in [5.41, 5.74) is 1.32. The van der Waals surface area contributed by atoms with Crippen molar-refractivity contribution in [2.45, 2.75) is 13.3 Å². The molecule has 2 heterocycles. The minimum Gasteiger partial charge on any atom is -0.384 e. The molecule has 104 valence electrons. The molecular weight excluding hydrogens is 252 g/mol. The third-order valence-electron chi connectivity index (χ3n) is 2.86. The van der Waals surface area contributed by atoms with Crippen LogP contribution in [0.15, 0.2) is 42.7 Å². The number of hydrogen-bond acceptors (Lipinski definition) is 4. The summed E-state index contributed by atoms with van der Waals surface area (Å²) in [5, 5.41) is 3.22. The zero-order chi connectivity index (χ0) is 14.4. The highest BCUT2D eigenvalue weighted by atomic mass is 16.2. The second-order valence-corrected chi connectivity index (χ2v) is 4.41. The van der Waals surface area contributed by atoms with E-state index in [1.807, 2.05) is 18.2 Å². The smallest absolute Gasteiger partial charge is 0.277 e. The number of nitrogens with one attached hydrogen (secondary N) is 1. The number of carbonyl (C=O) groups is 1. The lowest BCUT2D eigenvalue weighted by molar-refractivity contribution is 0.0987. The van der Waals surface area contributed by atoms with Crippen LogP contribution in [0, 0.1) is 0 Å². The summed E-state index contributed by atoms with van der Waals surface area (Å²) in [6.07, 6.45) is 4.38. The van der Waals surface area contributed by atoms with Gasteiger partial charge in [-0.2, -0.15) is 0 Å². The first kappa shape index (κ1) is 14.0. The number of hydrogen-bond donors (Lipinski definition) is 1. The quantitative estimate of drug-likeness (QED) is 0.907. The van der Waals surface area contributed by atoms with Crippen LogP contribution in [0.5, 0.6) is 0 Å². The molecule has 2 aromatic heterocycles. The lowest BCUT2D eigenvalue weighted by Crippen LogP contribution is -2.27. The van der Waals surface area contributed by atoms with Gasteiger partial charge in [0.15, 0.2) is 0 Å². The van der Waals surface area contributed by atoms with Gasteiger partial charge in [-0.25, -0.2) is 9.97 Å². The molecule has 0 saturated heterocycles. The van der Waals surface area contributed by atoms with Crippen molar-refractivity contribution in [3.05, 3.63) is 48.4 Å². The maximum absolute atomic E-state index is 12.3. The van der Waals surface area contributed by atoms with Gasteiger partial charge in [0.1, 0.15) is 11.5 Å². The van der Waals surface area contributed by atoms with E-state index in [2.05, 4.69) is 22.2 Å². The molecule has 0 aromatic carbocycles. The van der Waals surface area contributed by atoms with Crippen LogP contribution < -0.4 is 10.2 Å².